The summed E-state index contributed by atoms with van der Waals surface area (Å²) in [5.74, 6) is -0.216. The van der Waals surface area contributed by atoms with Crippen LogP contribution in [-0.4, -0.2) is 29.6 Å². The van der Waals surface area contributed by atoms with Crippen LogP contribution in [0.5, 0.6) is 0 Å². The highest BCUT2D eigenvalue weighted by molar-refractivity contribution is 8.00. The molecule has 0 saturated carbocycles. The molecule has 0 unspecified atom stereocenters. The number of carbonyl (C=O) groups is 1. The number of amides is 1. The molecule has 0 fully saturated rings. The Hall–Kier alpha value is 0.130. The third-order valence-electron chi connectivity index (χ3n) is 0.568. The minimum Gasteiger partial charge on any atom is -0.288 e. The summed E-state index contributed by atoms with van der Waals surface area (Å²) in [6.07, 6.45) is 0. The number of carbonyl (C=O) groups excluding carboxylic acids is 1. The van der Waals surface area contributed by atoms with E-state index in [2.05, 4.69) is 30.7 Å². The van der Waals surface area contributed by atoms with Crippen molar-refractivity contribution in [3.05, 3.63) is 0 Å². The first kappa shape index (κ1) is 9.13. The van der Waals surface area contributed by atoms with Crippen molar-refractivity contribution in [2.45, 2.75) is 4.58 Å². The molecule has 0 spiro atoms. The molecule has 5 heteroatoms. The zero-order valence-corrected chi connectivity index (χ0v) is 7.12. The van der Waals surface area contributed by atoms with Crippen LogP contribution < -0.4 is 5.43 Å². The summed E-state index contributed by atoms with van der Waals surface area (Å²) in [4.78, 5) is 10.6. The molecule has 1 amide bonds. The summed E-state index contributed by atoms with van der Waals surface area (Å²) in [6.45, 7) is 0. The molecule has 0 aliphatic carbocycles. The van der Waals surface area contributed by atoms with Crippen molar-refractivity contribution >= 4 is 31.2 Å². The van der Waals surface area contributed by atoms with Crippen molar-refractivity contribution in [2.75, 3.05) is 14.1 Å². The third-order valence-corrected chi connectivity index (χ3v) is 1.04. The van der Waals surface area contributed by atoms with Gasteiger partial charge >= 0.3 is 0 Å². The van der Waals surface area contributed by atoms with Crippen LogP contribution in [-0.2, 0) is 4.79 Å². The number of thiol groups is 2. The quantitative estimate of drug-likeness (QED) is 0.301. The minimum atomic E-state index is -0.549. The number of hydrazine groups is 1. The van der Waals surface area contributed by atoms with Crippen LogP contribution in [0.3, 0.4) is 0 Å². The molecule has 54 valence electrons. The molecule has 0 atom stereocenters. The Bertz CT molecular complexity index is 105. The van der Waals surface area contributed by atoms with Gasteiger partial charge in [0.1, 0.15) is 4.58 Å². The maximum Gasteiger partial charge on any atom is 0.256 e. The fraction of sp³-hybridized carbons (Fsp3) is 0.750. The summed E-state index contributed by atoms with van der Waals surface area (Å²) in [5, 5.41) is 1.54. The van der Waals surface area contributed by atoms with Gasteiger partial charge in [0.2, 0.25) is 0 Å². The van der Waals surface area contributed by atoms with Crippen LogP contribution in [0.1, 0.15) is 0 Å². The van der Waals surface area contributed by atoms with E-state index in [-0.39, 0.29) is 5.91 Å². The monoisotopic (exact) mass is 166 g/mol. The predicted molar refractivity (Wildman–Crippen MR) is 43.6 cm³/mol. The molecule has 9 heavy (non-hydrogen) atoms. The molecule has 0 aromatic heterocycles. The molecular weight excluding hydrogens is 156 g/mol. The van der Waals surface area contributed by atoms with E-state index in [0.717, 1.165) is 0 Å². The van der Waals surface area contributed by atoms with Crippen LogP contribution >= 0.6 is 25.3 Å². The van der Waals surface area contributed by atoms with Gasteiger partial charge in [0.25, 0.3) is 5.91 Å². The fourth-order valence-electron chi connectivity index (χ4n) is 0.278. The second-order valence-electron chi connectivity index (χ2n) is 1.74. The Morgan fingerprint density at radius 1 is 1.56 bits per heavy atom. The maximum atomic E-state index is 10.6. The zero-order valence-electron chi connectivity index (χ0n) is 5.33. The predicted octanol–water partition coefficient (Wildman–Crippen LogP) is -0.235. The number of hydrogen-bond donors (Lipinski definition) is 3. The minimum absolute atomic E-state index is 0.216. The van der Waals surface area contributed by atoms with E-state index < -0.39 is 4.58 Å². The van der Waals surface area contributed by atoms with Crippen LogP contribution in [0.15, 0.2) is 0 Å². The third kappa shape index (κ3) is 4.62. The summed E-state index contributed by atoms with van der Waals surface area (Å²) in [6, 6.07) is 0. The van der Waals surface area contributed by atoms with E-state index in [1.165, 1.54) is 0 Å². The van der Waals surface area contributed by atoms with E-state index in [0.29, 0.717) is 0 Å². The summed E-state index contributed by atoms with van der Waals surface area (Å²) < 4.78 is -0.549. The number of nitrogens with one attached hydrogen (secondary N) is 1. The van der Waals surface area contributed by atoms with Crippen LogP contribution in [0.4, 0.5) is 0 Å². The smallest absolute Gasteiger partial charge is 0.256 e. The lowest BCUT2D eigenvalue weighted by molar-refractivity contribution is -0.122. The van der Waals surface area contributed by atoms with Gasteiger partial charge < -0.3 is 0 Å². The lowest BCUT2D eigenvalue weighted by Crippen LogP contribution is -2.39. The maximum absolute atomic E-state index is 10.6. The fourth-order valence-corrected chi connectivity index (χ4v) is 0.394. The SMILES string of the molecule is CN(C)NC(=O)C(S)S. The molecule has 0 aromatic rings. The van der Waals surface area contributed by atoms with Gasteiger partial charge in [0.05, 0.1) is 0 Å². The van der Waals surface area contributed by atoms with Crippen molar-refractivity contribution in [1.29, 1.82) is 0 Å². The van der Waals surface area contributed by atoms with Gasteiger partial charge in [-0.1, -0.05) is 0 Å². The zero-order chi connectivity index (χ0) is 7.44. The van der Waals surface area contributed by atoms with Crippen molar-refractivity contribution in [2.24, 2.45) is 0 Å². The molecule has 0 aliphatic heterocycles. The molecule has 0 aliphatic rings. The first-order chi connectivity index (χ1) is 4.04. The largest absolute Gasteiger partial charge is 0.288 e. The Morgan fingerprint density at radius 3 is 2.11 bits per heavy atom. The van der Waals surface area contributed by atoms with E-state index in [1.807, 2.05) is 0 Å². The van der Waals surface area contributed by atoms with Crippen LogP contribution in [0.25, 0.3) is 0 Å². The average Bonchev–Trinajstić information content (AvgIpc) is 1.63. The molecule has 1 N–H and O–H groups in total. The highest BCUT2D eigenvalue weighted by Crippen LogP contribution is 1.98. The Morgan fingerprint density at radius 2 is 2.00 bits per heavy atom. The molecule has 0 radical (unpaired) electrons. The first-order valence-corrected chi connectivity index (χ1v) is 3.41. The van der Waals surface area contributed by atoms with Gasteiger partial charge in [-0.15, -0.1) is 0 Å². The summed E-state index contributed by atoms with van der Waals surface area (Å²) >= 11 is 7.59. The molecule has 0 saturated heterocycles. The van der Waals surface area contributed by atoms with E-state index in [9.17, 15) is 4.79 Å². The van der Waals surface area contributed by atoms with Crippen molar-refractivity contribution in [3.8, 4) is 0 Å². The first-order valence-electron chi connectivity index (χ1n) is 2.38. The molecule has 0 rings (SSSR count). The van der Waals surface area contributed by atoms with Gasteiger partial charge in [-0.25, -0.2) is 5.01 Å². The molecule has 0 heterocycles. The highest BCUT2D eigenvalue weighted by Gasteiger charge is 2.07. The normalized spacial score (nSPS) is 10.4. The Kier molecular flexibility index (Phi) is 4.09. The Balaban J connectivity index is 3.51. The van der Waals surface area contributed by atoms with E-state index >= 15 is 0 Å². The average molecular weight is 166 g/mol. The van der Waals surface area contributed by atoms with Crippen molar-refractivity contribution < 1.29 is 4.79 Å². The molecular formula is C4H10N2OS2. The van der Waals surface area contributed by atoms with Gasteiger partial charge in [0.15, 0.2) is 0 Å². The Labute approximate surface area is 65.6 Å². The summed E-state index contributed by atoms with van der Waals surface area (Å²) in [5.41, 5.74) is 2.48. The highest BCUT2D eigenvalue weighted by atomic mass is 32.2. The van der Waals surface area contributed by atoms with Gasteiger partial charge in [-0.05, 0) is 0 Å². The van der Waals surface area contributed by atoms with E-state index in [1.54, 1.807) is 19.1 Å². The number of nitrogens with zero attached hydrogens (tertiary/aromatic N) is 1. The number of rotatable bonds is 2. The van der Waals surface area contributed by atoms with Crippen LogP contribution in [0.2, 0.25) is 0 Å². The van der Waals surface area contributed by atoms with Gasteiger partial charge in [-0.3, -0.25) is 10.2 Å². The van der Waals surface area contributed by atoms with E-state index in [4.69, 9.17) is 0 Å². The second kappa shape index (κ2) is 4.03. The summed E-state index contributed by atoms with van der Waals surface area (Å²) in [7, 11) is 3.45. The van der Waals surface area contributed by atoms with Gasteiger partial charge in [-0.2, -0.15) is 25.3 Å². The van der Waals surface area contributed by atoms with Gasteiger partial charge in [0, 0.05) is 14.1 Å². The molecule has 0 aromatic carbocycles. The van der Waals surface area contributed by atoms with Crippen molar-refractivity contribution in [1.82, 2.24) is 10.4 Å². The lowest BCUT2D eigenvalue weighted by atomic mass is 10.7. The van der Waals surface area contributed by atoms with Crippen molar-refractivity contribution in [3.63, 3.8) is 0 Å². The number of hydrogen-bond acceptors (Lipinski definition) is 4. The standard InChI is InChI=1S/C4H10N2OS2/c1-6(2)5-3(7)4(8)9/h4,8-9H,1-2H3,(H,5,7). The lowest BCUT2D eigenvalue weighted by Gasteiger charge is -2.12. The topological polar surface area (TPSA) is 32.3 Å². The molecule has 3 nitrogen and oxygen atoms in total. The molecule has 0 bridgehead atoms. The van der Waals surface area contributed by atoms with Crippen LogP contribution in [0, 0.1) is 0 Å². The second-order valence-corrected chi connectivity index (χ2v) is 3.18.